The molecule has 0 aliphatic heterocycles. The second-order valence-electron chi connectivity index (χ2n) is 7.39. The molecule has 0 saturated heterocycles. The van der Waals surface area contributed by atoms with E-state index in [4.69, 9.17) is 16.0 Å². The van der Waals surface area contributed by atoms with Gasteiger partial charge in [-0.15, -0.1) is 10.2 Å². The van der Waals surface area contributed by atoms with E-state index in [0.29, 0.717) is 28.3 Å². The lowest BCUT2D eigenvalue weighted by molar-refractivity contribution is -0.120. The van der Waals surface area contributed by atoms with E-state index in [1.54, 1.807) is 25.3 Å². The molecule has 2 aromatic heterocycles. The van der Waals surface area contributed by atoms with Crippen LogP contribution in [0.25, 0.3) is 5.69 Å². The number of hydrogen-bond acceptors (Lipinski definition) is 7. The summed E-state index contributed by atoms with van der Waals surface area (Å²) in [5.41, 5.74) is 5.44. The summed E-state index contributed by atoms with van der Waals surface area (Å²) in [6, 6.07) is 19.0. The Labute approximate surface area is 206 Å². The lowest BCUT2D eigenvalue weighted by Gasteiger charge is -2.14. The summed E-state index contributed by atoms with van der Waals surface area (Å²) < 4.78 is 7.11. The first-order chi connectivity index (χ1) is 16.5. The van der Waals surface area contributed by atoms with Crippen molar-refractivity contribution in [1.29, 1.82) is 0 Å². The van der Waals surface area contributed by atoms with Crippen LogP contribution in [0.3, 0.4) is 0 Å². The quantitative estimate of drug-likeness (QED) is 0.192. The van der Waals surface area contributed by atoms with Crippen LogP contribution in [0.2, 0.25) is 5.02 Å². The number of aromatic nitrogens is 3. The largest absolute Gasteiger partial charge is 0.463 e. The molecule has 0 radical (unpaired) electrons. The van der Waals surface area contributed by atoms with Crippen LogP contribution < -0.4 is 10.7 Å². The Morgan fingerprint density at radius 3 is 2.76 bits per heavy atom. The highest BCUT2D eigenvalue weighted by Crippen LogP contribution is 2.27. The van der Waals surface area contributed by atoms with Crippen LogP contribution in [0.4, 0.5) is 5.69 Å². The number of hydrazone groups is 1. The van der Waals surface area contributed by atoms with Crippen molar-refractivity contribution in [3.63, 3.8) is 0 Å². The minimum absolute atomic E-state index is 0.258. The van der Waals surface area contributed by atoms with Gasteiger partial charge >= 0.3 is 0 Å². The van der Waals surface area contributed by atoms with Gasteiger partial charge in [0.2, 0.25) is 0 Å². The topological polar surface area (TPSA) is 97.3 Å². The predicted octanol–water partition coefficient (Wildman–Crippen LogP) is 5.07. The molecule has 0 aliphatic carbocycles. The molecule has 8 nitrogen and oxygen atoms in total. The Hall–Kier alpha value is -3.56. The SMILES string of the molecule is Cc1cc(Cl)ccc1NCc1nnc(SC(C)C(=O)N/N=C/c2ccco2)n1-c1ccccc1. The minimum atomic E-state index is -0.459. The second kappa shape index (κ2) is 11.0. The number of nitrogens with one attached hydrogen (secondary N) is 2. The Bertz CT molecular complexity index is 1270. The number of aryl methyl sites for hydroxylation is 1. The van der Waals surface area contributed by atoms with Crippen LogP contribution in [0.15, 0.2) is 81.6 Å². The maximum Gasteiger partial charge on any atom is 0.253 e. The number of hydrogen-bond donors (Lipinski definition) is 2. The van der Waals surface area contributed by atoms with Crippen molar-refractivity contribution in [3.05, 3.63) is 89.1 Å². The van der Waals surface area contributed by atoms with Gasteiger partial charge in [-0.2, -0.15) is 5.10 Å². The number of anilines is 1. The number of carbonyl (C=O) groups is 1. The molecule has 1 atom stereocenters. The molecule has 0 fully saturated rings. The van der Waals surface area contributed by atoms with Gasteiger partial charge in [0, 0.05) is 16.4 Å². The van der Waals surface area contributed by atoms with Crippen molar-refractivity contribution in [1.82, 2.24) is 20.2 Å². The Kier molecular flexibility index (Phi) is 7.66. The van der Waals surface area contributed by atoms with Crippen LogP contribution >= 0.6 is 23.4 Å². The number of benzene rings is 2. The summed E-state index contributed by atoms with van der Waals surface area (Å²) in [4.78, 5) is 12.5. The molecule has 0 saturated carbocycles. The van der Waals surface area contributed by atoms with E-state index in [1.807, 2.05) is 60.0 Å². The van der Waals surface area contributed by atoms with E-state index in [0.717, 1.165) is 16.9 Å². The maximum atomic E-state index is 12.5. The number of amides is 1. The first-order valence-corrected chi connectivity index (χ1v) is 11.8. The van der Waals surface area contributed by atoms with Gasteiger partial charge in [0.05, 0.1) is 24.3 Å². The van der Waals surface area contributed by atoms with Gasteiger partial charge in [-0.3, -0.25) is 9.36 Å². The molecule has 0 aliphatic rings. The van der Waals surface area contributed by atoms with Crippen LogP contribution in [0, 0.1) is 6.92 Å². The summed E-state index contributed by atoms with van der Waals surface area (Å²) in [6.45, 7) is 4.23. The lowest BCUT2D eigenvalue weighted by atomic mass is 10.2. The highest BCUT2D eigenvalue weighted by atomic mass is 35.5. The summed E-state index contributed by atoms with van der Waals surface area (Å²) >= 11 is 7.37. The van der Waals surface area contributed by atoms with Gasteiger partial charge in [0.15, 0.2) is 11.0 Å². The molecule has 174 valence electrons. The summed E-state index contributed by atoms with van der Waals surface area (Å²) in [5.74, 6) is 1.01. The van der Waals surface area contributed by atoms with E-state index in [9.17, 15) is 4.79 Å². The molecule has 10 heteroatoms. The summed E-state index contributed by atoms with van der Waals surface area (Å²) in [6.07, 6.45) is 2.99. The fourth-order valence-corrected chi connectivity index (χ4v) is 4.26. The van der Waals surface area contributed by atoms with E-state index < -0.39 is 5.25 Å². The zero-order valence-electron chi connectivity index (χ0n) is 18.6. The maximum absolute atomic E-state index is 12.5. The molecule has 2 aromatic carbocycles. The normalized spacial score (nSPS) is 12.1. The molecule has 1 unspecified atom stereocenters. The third-order valence-corrected chi connectivity index (χ3v) is 6.18. The highest BCUT2D eigenvalue weighted by molar-refractivity contribution is 8.00. The number of rotatable bonds is 9. The number of halogens is 1. The Morgan fingerprint density at radius 1 is 1.21 bits per heavy atom. The van der Waals surface area contributed by atoms with E-state index >= 15 is 0 Å². The van der Waals surface area contributed by atoms with Crippen LogP contribution in [-0.4, -0.2) is 32.1 Å². The third-order valence-electron chi connectivity index (χ3n) is 4.90. The van der Waals surface area contributed by atoms with Crippen LogP contribution in [-0.2, 0) is 11.3 Å². The van der Waals surface area contributed by atoms with Gasteiger partial charge in [0.25, 0.3) is 5.91 Å². The van der Waals surface area contributed by atoms with E-state index in [1.165, 1.54) is 18.0 Å². The molecular weight excluding hydrogens is 472 g/mol. The molecular formula is C24H23ClN6O2S. The monoisotopic (exact) mass is 494 g/mol. The fraction of sp³-hybridized carbons (Fsp3) is 0.167. The molecule has 2 heterocycles. The van der Waals surface area contributed by atoms with E-state index in [2.05, 4.69) is 26.0 Å². The number of nitrogens with zero attached hydrogens (tertiary/aromatic N) is 4. The van der Waals surface area contributed by atoms with Crippen molar-refractivity contribution in [2.75, 3.05) is 5.32 Å². The average Bonchev–Trinajstić information content (AvgIpc) is 3.49. The van der Waals surface area contributed by atoms with Crippen molar-refractivity contribution in [3.8, 4) is 5.69 Å². The molecule has 1 amide bonds. The zero-order valence-corrected chi connectivity index (χ0v) is 20.2. The molecule has 4 rings (SSSR count). The first-order valence-electron chi connectivity index (χ1n) is 10.5. The Balaban J connectivity index is 1.50. The highest BCUT2D eigenvalue weighted by Gasteiger charge is 2.21. The fourth-order valence-electron chi connectivity index (χ4n) is 3.15. The molecule has 4 aromatic rings. The minimum Gasteiger partial charge on any atom is -0.463 e. The number of thioether (sulfide) groups is 1. The van der Waals surface area contributed by atoms with Crippen LogP contribution in [0.1, 0.15) is 24.1 Å². The van der Waals surface area contributed by atoms with Gasteiger partial charge in [0.1, 0.15) is 5.76 Å². The van der Waals surface area contributed by atoms with Gasteiger partial charge < -0.3 is 9.73 Å². The second-order valence-corrected chi connectivity index (χ2v) is 9.14. The van der Waals surface area contributed by atoms with E-state index in [-0.39, 0.29) is 5.91 Å². The zero-order chi connectivity index (χ0) is 23.9. The average molecular weight is 495 g/mol. The van der Waals surface area contributed by atoms with Gasteiger partial charge in [-0.25, -0.2) is 5.43 Å². The van der Waals surface area contributed by atoms with Crippen molar-refractivity contribution >= 4 is 41.2 Å². The first kappa shape index (κ1) is 23.6. The lowest BCUT2D eigenvalue weighted by Crippen LogP contribution is -2.27. The van der Waals surface area contributed by atoms with Gasteiger partial charge in [-0.1, -0.05) is 41.6 Å². The number of furan rings is 1. The molecule has 34 heavy (non-hydrogen) atoms. The number of para-hydroxylation sites is 1. The third kappa shape index (κ3) is 5.86. The smallest absolute Gasteiger partial charge is 0.253 e. The van der Waals surface area contributed by atoms with Crippen molar-refractivity contribution < 1.29 is 9.21 Å². The van der Waals surface area contributed by atoms with Crippen molar-refractivity contribution in [2.45, 2.75) is 30.8 Å². The Morgan fingerprint density at radius 2 is 2.03 bits per heavy atom. The molecule has 0 spiro atoms. The van der Waals surface area contributed by atoms with Crippen molar-refractivity contribution in [2.24, 2.45) is 5.10 Å². The summed E-state index contributed by atoms with van der Waals surface area (Å²) in [7, 11) is 0. The molecule has 2 N–H and O–H groups in total. The van der Waals surface area contributed by atoms with Gasteiger partial charge in [-0.05, 0) is 61.9 Å². The van der Waals surface area contributed by atoms with Crippen LogP contribution in [0.5, 0.6) is 0 Å². The predicted molar refractivity (Wildman–Crippen MR) is 135 cm³/mol. The number of carbonyl (C=O) groups excluding carboxylic acids is 1. The molecule has 0 bridgehead atoms. The summed E-state index contributed by atoms with van der Waals surface area (Å²) in [5, 5.41) is 16.9. The standard InChI is InChI=1S/C24H23ClN6O2S/c1-16-13-18(25)10-11-21(16)26-15-22-28-30-24(31(22)19-7-4-3-5-8-19)34-17(2)23(32)29-27-14-20-9-6-12-33-20/h3-14,17,26H,15H2,1-2H3,(H,29,32)/b27-14+.